The minimum atomic E-state index is 0.510. The molecular weight excluding hydrogens is 238 g/mol. The third kappa shape index (κ3) is 3.15. The fourth-order valence-corrected chi connectivity index (χ4v) is 2.70. The Balaban J connectivity index is 2.11. The van der Waals surface area contributed by atoms with Gasteiger partial charge in [0.05, 0.1) is 0 Å². The van der Waals surface area contributed by atoms with E-state index in [1.165, 1.54) is 18.4 Å². The third-order valence-corrected chi connectivity index (χ3v) is 4.08. The van der Waals surface area contributed by atoms with Crippen LogP contribution in [0.3, 0.4) is 0 Å². The van der Waals surface area contributed by atoms with E-state index in [1.54, 1.807) is 6.33 Å². The highest BCUT2D eigenvalue weighted by molar-refractivity contribution is 5.57. The van der Waals surface area contributed by atoms with Gasteiger partial charge in [-0.05, 0) is 33.2 Å². The molecule has 2 rings (SSSR count). The molecule has 106 valence electrons. The van der Waals surface area contributed by atoms with E-state index >= 15 is 0 Å². The van der Waals surface area contributed by atoms with Crippen molar-refractivity contribution in [2.45, 2.75) is 45.2 Å². The summed E-state index contributed by atoms with van der Waals surface area (Å²) in [6.07, 6.45) is 4.90. The Bertz CT molecular complexity index is 420. The van der Waals surface area contributed by atoms with Gasteiger partial charge in [0.2, 0.25) is 0 Å². The molecule has 0 spiro atoms. The van der Waals surface area contributed by atoms with E-state index in [9.17, 15) is 0 Å². The minimum absolute atomic E-state index is 0.510. The van der Waals surface area contributed by atoms with Crippen molar-refractivity contribution in [2.75, 3.05) is 31.3 Å². The van der Waals surface area contributed by atoms with Gasteiger partial charge in [0, 0.05) is 31.2 Å². The topological polar surface area (TPSA) is 53.1 Å². The summed E-state index contributed by atoms with van der Waals surface area (Å²) in [5, 5.41) is 6.75. The molecule has 2 N–H and O–H groups in total. The lowest BCUT2D eigenvalue weighted by atomic mass is 9.98. The molecule has 1 aliphatic rings. The summed E-state index contributed by atoms with van der Waals surface area (Å²) in [6, 6.07) is 1.14. The van der Waals surface area contributed by atoms with Gasteiger partial charge in [-0.15, -0.1) is 0 Å². The molecule has 19 heavy (non-hydrogen) atoms. The Morgan fingerprint density at radius 3 is 2.74 bits per heavy atom. The van der Waals surface area contributed by atoms with Gasteiger partial charge >= 0.3 is 0 Å². The predicted molar refractivity (Wildman–Crippen MR) is 79.7 cm³/mol. The zero-order chi connectivity index (χ0) is 13.8. The highest BCUT2D eigenvalue weighted by Crippen LogP contribution is 2.24. The van der Waals surface area contributed by atoms with E-state index in [4.69, 9.17) is 0 Å². The maximum absolute atomic E-state index is 4.42. The zero-order valence-electron chi connectivity index (χ0n) is 12.4. The third-order valence-electron chi connectivity index (χ3n) is 4.08. The number of nitrogens with zero attached hydrogens (tertiary/aromatic N) is 3. The molecule has 0 bridgehead atoms. The fraction of sp³-hybridized carbons (Fsp3) is 0.714. The molecule has 2 unspecified atom stereocenters. The van der Waals surface area contributed by atoms with Gasteiger partial charge < -0.3 is 15.5 Å². The molecule has 1 aliphatic heterocycles. The van der Waals surface area contributed by atoms with E-state index in [0.29, 0.717) is 12.1 Å². The van der Waals surface area contributed by atoms with Crippen LogP contribution in [-0.4, -0.2) is 47.6 Å². The van der Waals surface area contributed by atoms with Crippen LogP contribution in [0.5, 0.6) is 0 Å². The largest absolute Gasteiger partial charge is 0.373 e. The second-order valence-electron chi connectivity index (χ2n) is 5.35. The minimum Gasteiger partial charge on any atom is -0.373 e. The average molecular weight is 263 g/mol. The van der Waals surface area contributed by atoms with Crippen molar-refractivity contribution in [3.05, 3.63) is 11.9 Å². The van der Waals surface area contributed by atoms with E-state index in [-0.39, 0.29) is 0 Å². The molecule has 1 aromatic heterocycles. The number of anilines is 2. The predicted octanol–water partition coefficient (Wildman–Crippen LogP) is 1.98. The monoisotopic (exact) mass is 263 g/mol. The van der Waals surface area contributed by atoms with Crippen LogP contribution in [0.2, 0.25) is 0 Å². The molecule has 0 aromatic carbocycles. The van der Waals surface area contributed by atoms with Crippen molar-refractivity contribution in [1.82, 2.24) is 14.9 Å². The summed E-state index contributed by atoms with van der Waals surface area (Å²) in [5.41, 5.74) is 1.18. The van der Waals surface area contributed by atoms with Gasteiger partial charge in [-0.2, -0.15) is 0 Å². The lowest BCUT2D eigenvalue weighted by molar-refractivity contribution is 0.190. The summed E-state index contributed by atoms with van der Waals surface area (Å²) in [4.78, 5) is 11.1. The van der Waals surface area contributed by atoms with Crippen LogP contribution in [0.1, 0.15) is 32.3 Å². The summed E-state index contributed by atoms with van der Waals surface area (Å²) in [7, 11) is 4.10. The highest BCUT2D eigenvalue weighted by Gasteiger charge is 2.23. The number of piperidine rings is 1. The lowest BCUT2D eigenvalue weighted by Crippen LogP contribution is -2.42. The van der Waals surface area contributed by atoms with Crippen molar-refractivity contribution >= 4 is 11.6 Å². The number of aromatic nitrogens is 2. The Kier molecular flexibility index (Phi) is 4.58. The van der Waals surface area contributed by atoms with Crippen LogP contribution in [0.15, 0.2) is 6.33 Å². The SMILES string of the molecule is CCc1c(NC)ncnc1NC1CCN(C)C(C)C1. The van der Waals surface area contributed by atoms with Gasteiger partial charge in [0.25, 0.3) is 0 Å². The Morgan fingerprint density at radius 2 is 2.11 bits per heavy atom. The van der Waals surface area contributed by atoms with Crippen LogP contribution in [0.25, 0.3) is 0 Å². The molecule has 0 amide bonds. The first-order valence-electron chi connectivity index (χ1n) is 7.14. The summed E-state index contributed by atoms with van der Waals surface area (Å²) in [6.45, 7) is 5.57. The molecule has 2 atom stereocenters. The molecule has 1 saturated heterocycles. The first-order chi connectivity index (χ1) is 9.15. The molecule has 5 heteroatoms. The van der Waals surface area contributed by atoms with Crippen LogP contribution < -0.4 is 10.6 Å². The average Bonchev–Trinajstić information content (AvgIpc) is 2.42. The van der Waals surface area contributed by atoms with Crippen molar-refractivity contribution < 1.29 is 0 Å². The Morgan fingerprint density at radius 1 is 1.37 bits per heavy atom. The Hall–Kier alpha value is -1.36. The smallest absolute Gasteiger partial charge is 0.134 e. The van der Waals surface area contributed by atoms with Crippen molar-refractivity contribution in [3.63, 3.8) is 0 Å². The zero-order valence-corrected chi connectivity index (χ0v) is 12.4. The molecular formula is C14H25N5. The van der Waals surface area contributed by atoms with Crippen molar-refractivity contribution in [3.8, 4) is 0 Å². The molecule has 0 saturated carbocycles. The quantitative estimate of drug-likeness (QED) is 0.870. The maximum Gasteiger partial charge on any atom is 0.134 e. The number of hydrogen-bond acceptors (Lipinski definition) is 5. The molecule has 2 heterocycles. The van der Waals surface area contributed by atoms with Crippen LogP contribution in [-0.2, 0) is 6.42 Å². The van der Waals surface area contributed by atoms with Gasteiger partial charge in [-0.3, -0.25) is 0 Å². The Labute approximate surface area is 115 Å². The van der Waals surface area contributed by atoms with E-state index in [0.717, 1.165) is 24.6 Å². The van der Waals surface area contributed by atoms with E-state index in [2.05, 4.69) is 46.4 Å². The number of hydrogen-bond donors (Lipinski definition) is 2. The van der Waals surface area contributed by atoms with Gasteiger partial charge in [0.1, 0.15) is 18.0 Å². The van der Waals surface area contributed by atoms with E-state index < -0.39 is 0 Å². The van der Waals surface area contributed by atoms with E-state index in [1.807, 2.05) is 7.05 Å². The summed E-state index contributed by atoms with van der Waals surface area (Å²) in [5.74, 6) is 1.92. The number of nitrogens with one attached hydrogen (secondary N) is 2. The second kappa shape index (κ2) is 6.19. The second-order valence-corrected chi connectivity index (χ2v) is 5.35. The first-order valence-corrected chi connectivity index (χ1v) is 7.14. The van der Waals surface area contributed by atoms with Crippen molar-refractivity contribution in [1.29, 1.82) is 0 Å². The molecule has 1 aromatic rings. The lowest BCUT2D eigenvalue weighted by Gasteiger charge is -2.35. The van der Waals surface area contributed by atoms with Crippen LogP contribution in [0.4, 0.5) is 11.6 Å². The fourth-order valence-electron chi connectivity index (χ4n) is 2.70. The van der Waals surface area contributed by atoms with Crippen LogP contribution in [0, 0.1) is 0 Å². The highest BCUT2D eigenvalue weighted by atomic mass is 15.2. The molecule has 1 fully saturated rings. The number of likely N-dealkylation sites (tertiary alicyclic amines) is 1. The molecule has 0 radical (unpaired) electrons. The number of rotatable bonds is 4. The molecule has 5 nitrogen and oxygen atoms in total. The normalized spacial score (nSPS) is 24.2. The van der Waals surface area contributed by atoms with Crippen LogP contribution >= 0.6 is 0 Å². The summed E-state index contributed by atoms with van der Waals surface area (Å²) < 4.78 is 0. The molecule has 0 aliphatic carbocycles. The maximum atomic E-state index is 4.42. The van der Waals surface area contributed by atoms with Gasteiger partial charge in [-0.1, -0.05) is 6.92 Å². The van der Waals surface area contributed by atoms with Gasteiger partial charge in [0.15, 0.2) is 0 Å². The van der Waals surface area contributed by atoms with Gasteiger partial charge in [-0.25, -0.2) is 9.97 Å². The summed E-state index contributed by atoms with van der Waals surface area (Å²) >= 11 is 0. The van der Waals surface area contributed by atoms with Crippen molar-refractivity contribution in [2.24, 2.45) is 0 Å². The standard InChI is InChI=1S/C14H25N5/c1-5-12-13(15-3)16-9-17-14(12)18-11-6-7-19(4)10(2)8-11/h9-11H,5-8H2,1-4H3,(H2,15,16,17,18). The first kappa shape index (κ1) is 14.1.